The van der Waals surface area contributed by atoms with Gasteiger partial charge in [-0.1, -0.05) is 30.3 Å². The van der Waals surface area contributed by atoms with E-state index in [0.717, 1.165) is 30.9 Å². The summed E-state index contributed by atoms with van der Waals surface area (Å²) < 4.78 is 5.24. The Hall–Kier alpha value is -2.00. The first-order valence-corrected chi connectivity index (χ1v) is 7.39. The molecule has 0 spiro atoms. The van der Waals surface area contributed by atoms with Crippen LogP contribution in [0.5, 0.6) is 11.5 Å². The zero-order valence-electron chi connectivity index (χ0n) is 12.3. The molecule has 3 heteroatoms. The van der Waals surface area contributed by atoms with Crippen molar-refractivity contribution in [1.29, 1.82) is 0 Å². The predicted molar refractivity (Wildman–Crippen MR) is 83.7 cm³/mol. The fraction of sp³-hybridized carbons (Fsp3) is 0.333. The standard InChI is InChI=1S/C18H21NO2/c1-21-17-7-8-18(20)16(11-17)13-19-10-9-15(12-19)14-5-3-2-4-6-14/h2-8,11,15,20H,9-10,12-13H2,1H3. The van der Waals surface area contributed by atoms with Crippen LogP contribution in [0.15, 0.2) is 48.5 Å². The number of phenols is 1. The zero-order valence-corrected chi connectivity index (χ0v) is 12.3. The smallest absolute Gasteiger partial charge is 0.120 e. The third-order valence-electron chi connectivity index (χ3n) is 4.22. The van der Waals surface area contributed by atoms with Crippen LogP contribution in [-0.2, 0) is 6.54 Å². The average Bonchev–Trinajstić information content (AvgIpc) is 2.99. The van der Waals surface area contributed by atoms with Gasteiger partial charge in [0.2, 0.25) is 0 Å². The molecule has 1 aliphatic rings. The van der Waals surface area contributed by atoms with Crippen molar-refractivity contribution in [2.24, 2.45) is 0 Å². The molecule has 1 atom stereocenters. The molecular weight excluding hydrogens is 262 g/mol. The van der Waals surface area contributed by atoms with Gasteiger partial charge in [-0.15, -0.1) is 0 Å². The van der Waals surface area contributed by atoms with E-state index in [0.29, 0.717) is 11.7 Å². The number of phenolic OH excluding ortho intramolecular Hbond substituents is 1. The van der Waals surface area contributed by atoms with Gasteiger partial charge in [0.15, 0.2) is 0 Å². The first kappa shape index (κ1) is 14.0. The van der Waals surface area contributed by atoms with E-state index in [1.165, 1.54) is 12.0 Å². The molecular formula is C18H21NO2. The molecule has 0 amide bonds. The second-order valence-electron chi connectivity index (χ2n) is 5.63. The SMILES string of the molecule is COc1ccc(O)c(CN2CCC(c3ccccc3)C2)c1. The van der Waals surface area contributed by atoms with E-state index in [9.17, 15) is 5.11 Å². The van der Waals surface area contributed by atoms with Gasteiger partial charge in [-0.05, 0) is 42.6 Å². The summed E-state index contributed by atoms with van der Waals surface area (Å²) in [5.74, 6) is 1.74. The molecule has 2 aromatic carbocycles. The van der Waals surface area contributed by atoms with Crippen molar-refractivity contribution in [2.45, 2.75) is 18.9 Å². The topological polar surface area (TPSA) is 32.7 Å². The Morgan fingerprint density at radius 1 is 1.19 bits per heavy atom. The van der Waals surface area contributed by atoms with Crippen LogP contribution in [0.4, 0.5) is 0 Å². The van der Waals surface area contributed by atoms with Crippen LogP contribution in [0, 0.1) is 0 Å². The lowest BCUT2D eigenvalue weighted by Gasteiger charge is -2.17. The van der Waals surface area contributed by atoms with Crippen LogP contribution in [0.25, 0.3) is 0 Å². The van der Waals surface area contributed by atoms with E-state index in [1.807, 2.05) is 6.07 Å². The summed E-state index contributed by atoms with van der Waals surface area (Å²) in [5, 5.41) is 9.99. The highest BCUT2D eigenvalue weighted by Crippen LogP contribution is 2.30. The van der Waals surface area contributed by atoms with Crippen LogP contribution in [-0.4, -0.2) is 30.2 Å². The highest BCUT2D eigenvalue weighted by atomic mass is 16.5. The molecule has 0 radical (unpaired) electrons. The van der Waals surface area contributed by atoms with Crippen molar-refractivity contribution in [3.05, 3.63) is 59.7 Å². The lowest BCUT2D eigenvalue weighted by atomic mass is 9.99. The Morgan fingerprint density at radius 2 is 2.00 bits per heavy atom. The number of nitrogens with zero attached hydrogens (tertiary/aromatic N) is 1. The van der Waals surface area contributed by atoms with Gasteiger partial charge in [0.05, 0.1) is 7.11 Å². The number of methoxy groups -OCH3 is 1. The number of ether oxygens (including phenoxy) is 1. The maximum atomic E-state index is 9.99. The number of hydrogen-bond acceptors (Lipinski definition) is 3. The highest BCUT2D eigenvalue weighted by molar-refractivity contribution is 5.39. The minimum atomic E-state index is 0.346. The van der Waals surface area contributed by atoms with Gasteiger partial charge in [-0.3, -0.25) is 4.90 Å². The van der Waals surface area contributed by atoms with Crippen molar-refractivity contribution in [3.63, 3.8) is 0 Å². The fourth-order valence-electron chi connectivity index (χ4n) is 3.03. The van der Waals surface area contributed by atoms with E-state index in [-0.39, 0.29) is 0 Å². The molecule has 1 aliphatic heterocycles. The number of benzene rings is 2. The largest absolute Gasteiger partial charge is 0.508 e. The summed E-state index contributed by atoms with van der Waals surface area (Å²) in [4.78, 5) is 2.40. The van der Waals surface area contributed by atoms with Crippen LogP contribution >= 0.6 is 0 Å². The first-order valence-electron chi connectivity index (χ1n) is 7.39. The van der Waals surface area contributed by atoms with Gasteiger partial charge in [-0.25, -0.2) is 0 Å². The second-order valence-corrected chi connectivity index (χ2v) is 5.63. The van der Waals surface area contributed by atoms with Gasteiger partial charge >= 0.3 is 0 Å². The van der Waals surface area contributed by atoms with Crippen molar-refractivity contribution in [2.75, 3.05) is 20.2 Å². The van der Waals surface area contributed by atoms with Crippen LogP contribution < -0.4 is 4.74 Å². The molecule has 1 fully saturated rings. The normalized spacial score (nSPS) is 18.8. The van der Waals surface area contributed by atoms with Crippen LogP contribution in [0.2, 0.25) is 0 Å². The van der Waals surface area contributed by atoms with Crippen molar-refractivity contribution >= 4 is 0 Å². The zero-order chi connectivity index (χ0) is 14.7. The molecule has 3 nitrogen and oxygen atoms in total. The monoisotopic (exact) mass is 283 g/mol. The third kappa shape index (κ3) is 3.19. The molecule has 21 heavy (non-hydrogen) atoms. The van der Waals surface area contributed by atoms with Crippen LogP contribution in [0.1, 0.15) is 23.5 Å². The second kappa shape index (κ2) is 6.19. The van der Waals surface area contributed by atoms with Gasteiger partial charge < -0.3 is 9.84 Å². The Bertz CT molecular complexity index is 597. The van der Waals surface area contributed by atoms with E-state index in [4.69, 9.17) is 4.74 Å². The van der Waals surface area contributed by atoms with Crippen molar-refractivity contribution in [1.82, 2.24) is 4.90 Å². The van der Waals surface area contributed by atoms with Gasteiger partial charge in [-0.2, -0.15) is 0 Å². The summed E-state index contributed by atoms with van der Waals surface area (Å²) in [6.45, 7) is 2.88. The van der Waals surface area contributed by atoms with Crippen molar-refractivity contribution in [3.8, 4) is 11.5 Å². The van der Waals surface area contributed by atoms with Gasteiger partial charge in [0.25, 0.3) is 0 Å². The Kier molecular flexibility index (Phi) is 4.11. The molecule has 1 N–H and O–H groups in total. The lowest BCUT2D eigenvalue weighted by molar-refractivity contribution is 0.318. The van der Waals surface area contributed by atoms with E-state index in [1.54, 1.807) is 19.2 Å². The maximum Gasteiger partial charge on any atom is 0.120 e. The molecule has 110 valence electrons. The van der Waals surface area contributed by atoms with E-state index < -0.39 is 0 Å². The van der Waals surface area contributed by atoms with E-state index in [2.05, 4.69) is 35.2 Å². The Morgan fingerprint density at radius 3 is 2.76 bits per heavy atom. The summed E-state index contributed by atoms with van der Waals surface area (Å²) in [7, 11) is 1.65. The molecule has 0 bridgehead atoms. The quantitative estimate of drug-likeness (QED) is 0.933. The predicted octanol–water partition coefficient (Wildman–Crippen LogP) is 3.39. The summed E-state index contributed by atoms with van der Waals surface area (Å²) >= 11 is 0. The molecule has 0 aliphatic carbocycles. The highest BCUT2D eigenvalue weighted by Gasteiger charge is 2.24. The van der Waals surface area contributed by atoms with Gasteiger partial charge in [0.1, 0.15) is 11.5 Å². The first-order chi connectivity index (χ1) is 10.3. The molecule has 1 saturated heterocycles. The summed E-state index contributed by atoms with van der Waals surface area (Å²) in [6.07, 6.45) is 1.18. The number of likely N-dealkylation sites (tertiary alicyclic amines) is 1. The summed E-state index contributed by atoms with van der Waals surface area (Å²) in [6, 6.07) is 16.1. The summed E-state index contributed by atoms with van der Waals surface area (Å²) in [5.41, 5.74) is 2.35. The minimum absolute atomic E-state index is 0.346. The molecule has 3 rings (SSSR count). The molecule has 0 aromatic heterocycles. The number of rotatable bonds is 4. The van der Waals surface area contributed by atoms with Gasteiger partial charge in [0, 0.05) is 18.7 Å². The Labute approximate surface area is 125 Å². The van der Waals surface area contributed by atoms with Crippen molar-refractivity contribution < 1.29 is 9.84 Å². The van der Waals surface area contributed by atoms with Crippen LogP contribution in [0.3, 0.4) is 0 Å². The van der Waals surface area contributed by atoms with E-state index >= 15 is 0 Å². The average molecular weight is 283 g/mol. The number of hydrogen-bond donors (Lipinski definition) is 1. The molecule has 1 unspecified atom stereocenters. The number of aromatic hydroxyl groups is 1. The lowest BCUT2D eigenvalue weighted by Crippen LogP contribution is -2.19. The Balaban J connectivity index is 1.67. The minimum Gasteiger partial charge on any atom is -0.508 e. The molecule has 0 saturated carbocycles. The molecule has 1 heterocycles. The molecule has 2 aromatic rings. The fourth-order valence-corrected chi connectivity index (χ4v) is 3.03. The maximum absolute atomic E-state index is 9.99. The third-order valence-corrected chi connectivity index (χ3v) is 4.22.